The van der Waals surface area contributed by atoms with Crippen LogP contribution in [-0.4, -0.2) is 16.9 Å². The lowest BCUT2D eigenvalue weighted by Crippen LogP contribution is -2.15. The van der Waals surface area contributed by atoms with Crippen LogP contribution in [0.25, 0.3) is 0 Å². The Hall–Kier alpha value is -2.36. The first-order valence-corrected chi connectivity index (χ1v) is 7.22. The van der Waals surface area contributed by atoms with Crippen molar-refractivity contribution in [3.05, 3.63) is 53.9 Å². The average molecular weight is 283 g/mol. The van der Waals surface area contributed by atoms with E-state index in [0.717, 1.165) is 23.4 Å². The van der Waals surface area contributed by atoms with Crippen molar-refractivity contribution in [2.45, 2.75) is 33.2 Å². The summed E-state index contributed by atoms with van der Waals surface area (Å²) < 4.78 is 0. The molecule has 2 N–H and O–H groups in total. The predicted octanol–water partition coefficient (Wildman–Crippen LogP) is 3.72. The highest BCUT2D eigenvalue weighted by Gasteiger charge is 2.09. The maximum absolute atomic E-state index is 12.2. The first kappa shape index (κ1) is 15.0. The van der Waals surface area contributed by atoms with Gasteiger partial charge in [-0.25, -0.2) is 4.98 Å². The monoisotopic (exact) mass is 283 g/mol. The molecule has 2 aromatic rings. The van der Waals surface area contributed by atoms with Gasteiger partial charge in [-0.2, -0.15) is 0 Å². The number of para-hydroxylation sites is 1. The maximum Gasteiger partial charge on any atom is 0.274 e. The normalized spacial score (nSPS) is 10.5. The van der Waals surface area contributed by atoms with Crippen molar-refractivity contribution in [3.8, 4) is 0 Å². The van der Waals surface area contributed by atoms with Crippen LogP contribution >= 0.6 is 0 Å². The van der Waals surface area contributed by atoms with Gasteiger partial charge in [-0.3, -0.25) is 4.79 Å². The van der Waals surface area contributed by atoms with E-state index in [1.807, 2.05) is 30.3 Å². The Labute approximate surface area is 125 Å². The number of pyridine rings is 1. The predicted molar refractivity (Wildman–Crippen MR) is 86.8 cm³/mol. The minimum Gasteiger partial charge on any atom is -0.382 e. The number of aromatic nitrogens is 1. The van der Waals surface area contributed by atoms with Gasteiger partial charge >= 0.3 is 0 Å². The zero-order valence-electron chi connectivity index (χ0n) is 12.7. The van der Waals surface area contributed by atoms with E-state index in [-0.39, 0.29) is 5.91 Å². The zero-order chi connectivity index (χ0) is 15.2. The number of anilines is 2. The third-order valence-electron chi connectivity index (χ3n) is 3.10. The van der Waals surface area contributed by atoms with E-state index in [1.165, 1.54) is 0 Å². The lowest BCUT2D eigenvalue weighted by atomic mass is 10.1. The topological polar surface area (TPSA) is 54.0 Å². The van der Waals surface area contributed by atoms with Crippen LogP contribution < -0.4 is 10.6 Å². The van der Waals surface area contributed by atoms with E-state index >= 15 is 0 Å². The second-order valence-corrected chi connectivity index (χ2v) is 5.20. The number of benzene rings is 1. The molecule has 0 bridgehead atoms. The molecule has 0 fully saturated rings. The molecule has 2 rings (SSSR count). The number of rotatable bonds is 5. The number of nitrogens with zero attached hydrogens (tertiary/aromatic N) is 1. The fourth-order valence-corrected chi connectivity index (χ4v) is 2.08. The van der Waals surface area contributed by atoms with Crippen molar-refractivity contribution in [1.29, 1.82) is 0 Å². The van der Waals surface area contributed by atoms with Gasteiger partial charge in [0, 0.05) is 11.7 Å². The molecule has 0 radical (unpaired) electrons. The Morgan fingerprint density at radius 2 is 1.95 bits per heavy atom. The molecule has 1 heterocycles. The zero-order valence-corrected chi connectivity index (χ0v) is 12.7. The molecule has 4 heteroatoms. The smallest absolute Gasteiger partial charge is 0.274 e. The molecule has 0 saturated heterocycles. The third kappa shape index (κ3) is 4.05. The first-order valence-electron chi connectivity index (χ1n) is 7.22. The van der Waals surface area contributed by atoms with Gasteiger partial charge in [-0.1, -0.05) is 25.1 Å². The van der Waals surface area contributed by atoms with Crippen LogP contribution in [-0.2, 0) is 6.42 Å². The molecule has 0 unspecified atom stereocenters. The molecule has 0 aliphatic heterocycles. The highest BCUT2D eigenvalue weighted by molar-refractivity contribution is 6.03. The van der Waals surface area contributed by atoms with E-state index in [4.69, 9.17) is 0 Å². The fraction of sp³-hybridized carbons (Fsp3) is 0.294. The SMILES string of the molecule is CCc1ccccc1NC(=O)c1ccc(NC(C)C)cn1. The van der Waals surface area contributed by atoms with Crippen molar-refractivity contribution in [3.63, 3.8) is 0 Å². The summed E-state index contributed by atoms with van der Waals surface area (Å²) in [7, 11) is 0. The molecule has 0 spiro atoms. The van der Waals surface area contributed by atoms with Gasteiger partial charge in [0.05, 0.1) is 11.9 Å². The molecule has 21 heavy (non-hydrogen) atoms. The number of hydrogen-bond donors (Lipinski definition) is 2. The van der Waals surface area contributed by atoms with Crippen LogP contribution in [0.4, 0.5) is 11.4 Å². The van der Waals surface area contributed by atoms with Crippen molar-refractivity contribution >= 4 is 17.3 Å². The maximum atomic E-state index is 12.2. The molecule has 0 aliphatic rings. The summed E-state index contributed by atoms with van der Waals surface area (Å²) in [6.45, 7) is 6.18. The summed E-state index contributed by atoms with van der Waals surface area (Å²) in [5.41, 5.74) is 3.28. The van der Waals surface area contributed by atoms with Crippen molar-refractivity contribution in [2.75, 3.05) is 10.6 Å². The minimum absolute atomic E-state index is 0.188. The second-order valence-electron chi connectivity index (χ2n) is 5.20. The minimum atomic E-state index is -0.188. The molecule has 0 saturated carbocycles. The van der Waals surface area contributed by atoms with Crippen molar-refractivity contribution in [1.82, 2.24) is 4.98 Å². The summed E-state index contributed by atoms with van der Waals surface area (Å²) in [6, 6.07) is 11.7. The Bertz CT molecular complexity index is 606. The summed E-state index contributed by atoms with van der Waals surface area (Å²) in [4.78, 5) is 16.4. The molecule has 0 aliphatic carbocycles. The molecular formula is C17H21N3O. The molecule has 1 amide bonds. The number of carbonyl (C=O) groups excluding carboxylic acids is 1. The van der Waals surface area contributed by atoms with Gasteiger partial charge in [-0.15, -0.1) is 0 Å². The Balaban J connectivity index is 2.09. The van der Waals surface area contributed by atoms with Crippen molar-refractivity contribution in [2.24, 2.45) is 0 Å². The quantitative estimate of drug-likeness (QED) is 0.879. The number of aryl methyl sites for hydroxylation is 1. The molecule has 1 aromatic heterocycles. The largest absolute Gasteiger partial charge is 0.382 e. The van der Waals surface area contributed by atoms with E-state index in [2.05, 4.69) is 36.4 Å². The standard InChI is InChI=1S/C17H21N3O/c1-4-13-7-5-6-8-15(13)20-17(21)16-10-9-14(11-18-16)19-12(2)3/h5-12,19H,4H2,1-3H3,(H,20,21). The van der Waals surface area contributed by atoms with E-state index < -0.39 is 0 Å². The number of nitrogens with one attached hydrogen (secondary N) is 2. The van der Waals surface area contributed by atoms with Gasteiger partial charge in [0.1, 0.15) is 5.69 Å². The second kappa shape index (κ2) is 6.88. The van der Waals surface area contributed by atoms with Gasteiger partial charge in [0.15, 0.2) is 0 Å². The van der Waals surface area contributed by atoms with Gasteiger partial charge in [0.25, 0.3) is 5.91 Å². The molecule has 110 valence electrons. The Kier molecular flexibility index (Phi) is 4.93. The Morgan fingerprint density at radius 1 is 1.19 bits per heavy atom. The average Bonchev–Trinajstić information content (AvgIpc) is 2.48. The molecular weight excluding hydrogens is 262 g/mol. The van der Waals surface area contributed by atoms with Crippen molar-refractivity contribution < 1.29 is 4.79 Å². The summed E-state index contributed by atoms with van der Waals surface area (Å²) >= 11 is 0. The Morgan fingerprint density at radius 3 is 2.57 bits per heavy atom. The first-order chi connectivity index (χ1) is 10.1. The highest BCUT2D eigenvalue weighted by atomic mass is 16.1. The summed E-state index contributed by atoms with van der Waals surface area (Å²) in [5, 5.41) is 6.16. The third-order valence-corrected chi connectivity index (χ3v) is 3.10. The highest BCUT2D eigenvalue weighted by Crippen LogP contribution is 2.16. The number of amides is 1. The molecule has 4 nitrogen and oxygen atoms in total. The van der Waals surface area contributed by atoms with Crippen LogP contribution in [0.2, 0.25) is 0 Å². The van der Waals surface area contributed by atoms with Crippen LogP contribution in [0.3, 0.4) is 0 Å². The van der Waals surface area contributed by atoms with E-state index in [1.54, 1.807) is 12.3 Å². The van der Waals surface area contributed by atoms with E-state index in [9.17, 15) is 4.79 Å². The van der Waals surface area contributed by atoms with Crippen LogP contribution in [0.1, 0.15) is 36.8 Å². The lowest BCUT2D eigenvalue weighted by Gasteiger charge is -2.11. The van der Waals surface area contributed by atoms with Crippen LogP contribution in [0, 0.1) is 0 Å². The number of hydrogen-bond acceptors (Lipinski definition) is 3. The molecule has 0 atom stereocenters. The lowest BCUT2D eigenvalue weighted by molar-refractivity contribution is 0.102. The van der Waals surface area contributed by atoms with Crippen LogP contribution in [0.5, 0.6) is 0 Å². The van der Waals surface area contributed by atoms with E-state index in [0.29, 0.717) is 11.7 Å². The molecule has 1 aromatic carbocycles. The van der Waals surface area contributed by atoms with Gasteiger partial charge in [0.2, 0.25) is 0 Å². The fourth-order valence-electron chi connectivity index (χ4n) is 2.08. The summed E-state index contributed by atoms with van der Waals surface area (Å²) in [6.07, 6.45) is 2.56. The van der Waals surface area contributed by atoms with Crippen LogP contribution in [0.15, 0.2) is 42.6 Å². The van der Waals surface area contributed by atoms with Gasteiger partial charge < -0.3 is 10.6 Å². The van der Waals surface area contributed by atoms with Gasteiger partial charge in [-0.05, 0) is 44.0 Å². The number of carbonyl (C=O) groups is 1. The summed E-state index contributed by atoms with van der Waals surface area (Å²) in [5.74, 6) is -0.188.